The monoisotopic (exact) mass is 281 g/mol. The topological polar surface area (TPSA) is 88.1 Å². The van der Waals surface area contributed by atoms with Gasteiger partial charge in [-0.25, -0.2) is 0 Å². The van der Waals surface area contributed by atoms with Crippen LogP contribution in [0.25, 0.3) is 0 Å². The first-order valence-corrected chi connectivity index (χ1v) is 6.35. The van der Waals surface area contributed by atoms with Gasteiger partial charge in [0.15, 0.2) is 0 Å². The Morgan fingerprint density at radius 3 is 2.86 bits per heavy atom. The lowest BCUT2D eigenvalue weighted by Crippen LogP contribution is -2.15. The van der Waals surface area contributed by atoms with Gasteiger partial charge in [-0.2, -0.15) is 5.26 Å². The molecule has 0 radical (unpaired) electrons. The number of carbonyl (C=O) groups is 1. The van der Waals surface area contributed by atoms with Gasteiger partial charge in [0.2, 0.25) is 5.91 Å². The van der Waals surface area contributed by atoms with Gasteiger partial charge in [0, 0.05) is 5.69 Å². The number of nitrogens with one attached hydrogen (secondary N) is 1. The summed E-state index contributed by atoms with van der Waals surface area (Å²) >= 11 is 0. The zero-order valence-corrected chi connectivity index (χ0v) is 11.6. The minimum absolute atomic E-state index is 0.201. The van der Waals surface area contributed by atoms with E-state index in [2.05, 4.69) is 5.32 Å². The van der Waals surface area contributed by atoms with Crippen molar-refractivity contribution in [2.75, 3.05) is 18.2 Å². The first-order valence-electron chi connectivity index (χ1n) is 6.35. The van der Waals surface area contributed by atoms with Gasteiger partial charge in [0.05, 0.1) is 24.8 Å². The standard InChI is InChI=1S/C16H15N3O2/c1-21-14-4-2-3-11(7-14)8-16(20)19-15-6-5-13(18)9-12(15)10-17/h2-7,9H,8,18H2,1H3,(H,19,20). The molecule has 0 heterocycles. The molecule has 0 unspecified atom stereocenters. The number of nitrogen functional groups attached to an aromatic ring is 1. The van der Waals surface area contributed by atoms with E-state index < -0.39 is 0 Å². The summed E-state index contributed by atoms with van der Waals surface area (Å²) in [5.41, 5.74) is 7.73. The largest absolute Gasteiger partial charge is 0.497 e. The van der Waals surface area contributed by atoms with E-state index in [1.165, 1.54) is 6.07 Å². The number of methoxy groups -OCH3 is 1. The van der Waals surface area contributed by atoms with Crippen LogP contribution in [-0.2, 0) is 11.2 Å². The molecule has 0 fully saturated rings. The summed E-state index contributed by atoms with van der Waals surface area (Å²) < 4.78 is 5.12. The number of nitriles is 1. The zero-order chi connectivity index (χ0) is 15.2. The average Bonchev–Trinajstić information content (AvgIpc) is 2.49. The van der Waals surface area contributed by atoms with E-state index in [4.69, 9.17) is 15.7 Å². The number of amides is 1. The van der Waals surface area contributed by atoms with Crippen LogP contribution < -0.4 is 15.8 Å². The number of nitrogens with two attached hydrogens (primary N) is 1. The highest BCUT2D eigenvalue weighted by Crippen LogP contribution is 2.19. The first kappa shape index (κ1) is 14.4. The second-order valence-electron chi connectivity index (χ2n) is 4.49. The predicted molar refractivity (Wildman–Crippen MR) is 80.9 cm³/mol. The highest BCUT2D eigenvalue weighted by atomic mass is 16.5. The maximum Gasteiger partial charge on any atom is 0.228 e. The summed E-state index contributed by atoms with van der Waals surface area (Å²) in [7, 11) is 1.58. The van der Waals surface area contributed by atoms with Gasteiger partial charge in [-0.05, 0) is 35.9 Å². The van der Waals surface area contributed by atoms with Crippen LogP contribution in [0.5, 0.6) is 5.75 Å². The molecule has 0 saturated heterocycles. The van der Waals surface area contributed by atoms with Crippen molar-refractivity contribution in [1.82, 2.24) is 0 Å². The van der Waals surface area contributed by atoms with E-state index in [9.17, 15) is 4.79 Å². The summed E-state index contributed by atoms with van der Waals surface area (Å²) in [4.78, 5) is 12.0. The molecule has 0 bridgehead atoms. The Balaban J connectivity index is 2.10. The fourth-order valence-electron chi connectivity index (χ4n) is 1.93. The summed E-state index contributed by atoms with van der Waals surface area (Å²) in [6.45, 7) is 0. The lowest BCUT2D eigenvalue weighted by molar-refractivity contribution is -0.115. The third-order valence-corrected chi connectivity index (χ3v) is 2.94. The Hall–Kier alpha value is -3.00. The third kappa shape index (κ3) is 3.74. The van der Waals surface area contributed by atoms with Crippen LogP contribution in [0.1, 0.15) is 11.1 Å². The molecule has 21 heavy (non-hydrogen) atoms. The minimum atomic E-state index is -0.204. The Labute approximate surface area is 123 Å². The molecule has 2 aromatic carbocycles. The number of hydrogen-bond acceptors (Lipinski definition) is 4. The van der Waals surface area contributed by atoms with Crippen molar-refractivity contribution < 1.29 is 9.53 Å². The van der Waals surface area contributed by atoms with Crippen molar-refractivity contribution in [2.24, 2.45) is 0 Å². The lowest BCUT2D eigenvalue weighted by Gasteiger charge is -2.08. The molecule has 0 aromatic heterocycles. The number of carbonyl (C=O) groups excluding carboxylic acids is 1. The molecule has 0 atom stereocenters. The Bertz CT molecular complexity index is 705. The summed E-state index contributed by atoms with van der Waals surface area (Å²) in [5, 5.41) is 11.8. The fraction of sp³-hybridized carbons (Fsp3) is 0.125. The molecule has 0 aliphatic heterocycles. The number of hydrogen-bond donors (Lipinski definition) is 2. The molecule has 1 amide bonds. The molecule has 0 aliphatic carbocycles. The van der Waals surface area contributed by atoms with Crippen molar-refractivity contribution in [1.29, 1.82) is 5.26 Å². The van der Waals surface area contributed by atoms with Gasteiger partial charge in [0.1, 0.15) is 11.8 Å². The second kappa shape index (κ2) is 6.44. The fourth-order valence-corrected chi connectivity index (χ4v) is 1.93. The molecule has 0 aliphatic rings. The SMILES string of the molecule is COc1cccc(CC(=O)Nc2ccc(N)cc2C#N)c1. The van der Waals surface area contributed by atoms with Gasteiger partial charge in [0.25, 0.3) is 0 Å². The smallest absolute Gasteiger partial charge is 0.228 e. The Morgan fingerprint density at radius 2 is 2.14 bits per heavy atom. The summed E-state index contributed by atoms with van der Waals surface area (Å²) in [6.07, 6.45) is 0.201. The Morgan fingerprint density at radius 1 is 1.33 bits per heavy atom. The van der Waals surface area contributed by atoms with Gasteiger partial charge in [-0.15, -0.1) is 0 Å². The molecule has 106 valence electrons. The van der Waals surface area contributed by atoms with E-state index >= 15 is 0 Å². The van der Waals surface area contributed by atoms with E-state index in [1.54, 1.807) is 25.3 Å². The molecule has 0 spiro atoms. The van der Waals surface area contributed by atoms with Crippen LogP contribution in [0.2, 0.25) is 0 Å². The summed E-state index contributed by atoms with van der Waals surface area (Å²) in [6, 6.07) is 14.1. The van der Waals surface area contributed by atoms with E-state index in [-0.39, 0.29) is 12.3 Å². The average molecular weight is 281 g/mol. The number of anilines is 2. The quantitative estimate of drug-likeness (QED) is 0.842. The van der Waals surface area contributed by atoms with Crippen molar-refractivity contribution in [3.05, 3.63) is 53.6 Å². The van der Waals surface area contributed by atoms with Crippen molar-refractivity contribution in [3.63, 3.8) is 0 Å². The van der Waals surface area contributed by atoms with E-state index in [0.717, 1.165) is 5.56 Å². The van der Waals surface area contributed by atoms with E-state index in [1.807, 2.05) is 24.3 Å². The predicted octanol–water partition coefficient (Wildman–Crippen LogP) is 2.33. The second-order valence-corrected chi connectivity index (χ2v) is 4.49. The number of rotatable bonds is 4. The van der Waals surface area contributed by atoms with Crippen molar-refractivity contribution in [2.45, 2.75) is 6.42 Å². The molecule has 5 heteroatoms. The van der Waals surface area contributed by atoms with E-state index in [0.29, 0.717) is 22.7 Å². The van der Waals surface area contributed by atoms with Crippen LogP contribution in [0.4, 0.5) is 11.4 Å². The minimum Gasteiger partial charge on any atom is -0.497 e. The van der Waals surface area contributed by atoms with Crippen molar-refractivity contribution >= 4 is 17.3 Å². The molecule has 5 nitrogen and oxygen atoms in total. The molecule has 2 rings (SSSR count). The van der Waals surface area contributed by atoms with Crippen molar-refractivity contribution in [3.8, 4) is 11.8 Å². The molecule has 2 aromatic rings. The molecular weight excluding hydrogens is 266 g/mol. The van der Waals surface area contributed by atoms with Crippen LogP contribution in [-0.4, -0.2) is 13.0 Å². The normalized spacial score (nSPS) is 9.71. The van der Waals surface area contributed by atoms with Crippen LogP contribution in [0.3, 0.4) is 0 Å². The Kier molecular flexibility index (Phi) is 4.42. The van der Waals surface area contributed by atoms with Gasteiger partial charge < -0.3 is 15.8 Å². The lowest BCUT2D eigenvalue weighted by atomic mass is 10.1. The molecule has 3 N–H and O–H groups in total. The van der Waals surface area contributed by atoms with Crippen LogP contribution in [0.15, 0.2) is 42.5 Å². The first-order chi connectivity index (χ1) is 10.1. The highest BCUT2D eigenvalue weighted by molar-refractivity contribution is 5.93. The zero-order valence-electron chi connectivity index (χ0n) is 11.6. The number of nitrogens with zero attached hydrogens (tertiary/aromatic N) is 1. The van der Waals surface area contributed by atoms with Crippen LogP contribution in [0, 0.1) is 11.3 Å². The van der Waals surface area contributed by atoms with Crippen LogP contribution >= 0.6 is 0 Å². The maximum absolute atomic E-state index is 12.0. The highest BCUT2D eigenvalue weighted by Gasteiger charge is 2.08. The van der Waals surface area contributed by atoms with Gasteiger partial charge >= 0.3 is 0 Å². The summed E-state index contributed by atoms with van der Waals surface area (Å²) in [5.74, 6) is 0.495. The maximum atomic E-state index is 12.0. The molecular formula is C16H15N3O2. The molecule has 0 saturated carbocycles. The third-order valence-electron chi connectivity index (χ3n) is 2.94. The number of ether oxygens (including phenoxy) is 1. The number of benzene rings is 2. The van der Waals surface area contributed by atoms with Gasteiger partial charge in [-0.1, -0.05) is 12.1 Å². The van der Waals surface area contributed by atoms with Gasteiger partial charge in [-0.3, -0.25) is 4.79 Å².